The minimum Gasteiger partial charge on any atom is -0.471 e. The average molecular weight is 292 g/mol. The largest absolute Gasteiger partial charge is 0.471 e. The van der Waals surface area contributed by atoms with Gasteiger partial charge in [0, 0.05) is 6.07 Å². The zero-order valence-corrected chi connectivity index (χ0v) is 11.5. The molecule has 0 saturated carbocycles. The normalized spacial score (nSPS) is 12.2. The number of halogens is 3. The summed E-state index contributed by atoms with van der Waals surface area (Å²) in [6.45, 7) is 6.39. The lowest BCUT2D eigenvalue weighted by Gasteiger charge is -2.20. The highest BCUT2D eigenvalue weighted by Gasteiger charge is 2.38. The fourth-order valence-corrected chi connectivity index (χ4v) is 1.30. The van der Waals surface area contributed by atoms with Crippen LogP contribution in [0.2, 0.25) is 0 Å². The van der Waals surface area contributed by atoms with E-state index < -0.39 is 29.0 Å². The molecule has 20 heavy (non-hydrogen) atoms. The third-order valence-electron chi connectivity index (χ3n) is 1.96. The topological polar surface area (TPSA) is 61.3 Å². The Bertz CT molecular complexity index is 496. The summed E-state index contributed by atoms with van der Waals surface area (Å²) in [4.78, 5) is 11.4. The Morgan fingerprint density at radius 2 is 1.85 bits per heavy atom. The van der Waals surface area contributed by atoms with Gasteiger partial charge < -0.3 is 9.47 Å². The third kappa shape index (κ3) is 4.36. The van der Waals surface area contributed by atoms with E-state index in [-0.39, 0.29) is 12.5 Å². The average Bonchev–Trinajstić information content (AvgIpc) is 2.25. The number of carbonyl (C=O) groups excluding carboxylic acids is 1. The fourth-order valence-electron chi connectivity index (χ4n) is 1.30. The molecule has 0 aromatic carbocycles. The van der Waals surface area contributed by atoms with Crippen molar-refractivity contribution in [3.05, 3.63) is 17.3 Å². The van der Waals surface area contributed by atoms with E-state index in [4.69, 9.17) is 4.74 Å². The zero-order valence-electron chi connectivity index (χ0n) is 11.5. The molecule has 8 heteroatoms. The molecule has 0 bridgehead atoms. The lowest BCUT2D eigenvalue weighted by atomic mass is 10.2. The van der Waals surface area contributed by atoms with Gasteiger partial charge in [0.15, 0.2) is 5.69 Å². The molecule has 0 spiro atoms. The smallest absolute Gasteiger partial charge is 0.419 e. The summed E-state index contributed by atoms with van der Waals surface area (Å²) in [5.41, 5.74) is -2.84. The van der Waals surface area contributed by atoms with E-state index in [0.717, 1.165) is 0 Å². The Labute approximate surface area is 114 Å². The van der Waals surface area contributed by atoms with E-state index in [9.17, 15) is 18.0 Å². The maximum Gasteiger partial charge on any atom is 0.419 e. The Hall–Kier alpha value is -1.86. The standard InChI is InChI=1S/C12H15F3N2O3/c1-5-19-10(18)9-7(12(13,14)15)6-8(16-17-9)20-11(2,3)4/h6H,5H2,1-4H3. The van der Waals surface area contributed by atoms with Gasteiger partial charge in [0.05, 0.1) is 12.2 Å². The van der Waals surface area contributed by atoms with Gasteiger partial charge in [-0.15, -0.1) is 10.2 Å². The first kappa shape index (κ1) is 16.2. The number of aromatic nitrogens is 2. The Morgan fingerprint density at radius 3 is 2.30 bits per heavy atom. The van der Waals surface area contributed by atoms with Crippen molar-refractivity contribution in [2.75, 3.05) is 6.61 Å². The van der Waals surface area contributed by atoms with Gasteiger partial charge in [-0.1, -0.05) is 0 Å². The van der Waals surface area contributed by atoms with Crippen LogP contribution in [0.3, 0.4) is 0 Å². The van der Waals surface area contributed by atoms with Crippen molar-refractivity contribution in [2.45, 2.75) is 39.5 Å². The molecule has 0 fully saturated rings. The van der Waals surface area contributed by atoms with Crippen molar-refractivity contribution >= 4 is 5.97 Å². The van der Waals surface area contributed by atoms with E-state index in [0.29, 0.717) is 6.07 Å². The Kier molecular flexibility index (Phi) is 4.57. The highest BCUT2D eigenvalue weighted by atomic mass is 19.4. The molecule has 0 aliphatic rings. The predicted molar refractivity (Wildman–Crippen MR) is 63.4 cm³/mol. The molecule has 1 aromatic heterocycles. The summed E-state index contributed by atoms with van der Waals surface area (Å²) in [6, 6.07) is 0.643. The minimum atomic E-state index is -4.76. The quantitative estimate of drug-likeness (QED) is 0.802. The predicted octanol–water partition coefficient (Wildman–Crippen LogP) is 2.85. The SMILES string of the molecule is CCOC(=O)c1nnc(OC(C)(C)C)cc1C(F)(F)F. The number of ether oxygens (including phenoxy) is 2. The van der Waals surface area contributed by atoms with Gasteiger partial charge in [-0.3, -0.25) is 0 Å². The van der Waals surface area contributed by atoms with Crippen LogP contribution in [0.5, 0.6) is 5.88 Å². The van der Waals surface area contributed by atoms with Gasteiger partial charge >= 0.3 is 12.1 Å². The third-order valence-corrected chi connectivity index (χ3v) is 1.96. The minimum absolute atomic E-state index is 0.0575. The molecule has 5 nitrogen and oxygen atoms in total. The Balaban J connectivity index is 3.24. The molecular formula is C12H15F3N2O3. The van der Waals surface area contributed by atoms with Gasteiger partial charge in [-0.2, -0.15) is 13.2 Å². The van der Waals surface area contributed by atoms with E-state index in [1.165, 1.54) is 6.92 Å². The molecule has 0 aliphatic heterocycles. The number of nitrogens with zero attached hydrogens (tertiary/aromatic N) is 2. The van der Waals surface area contributed by atoms with Crippen LogP contribution in [0.15, 0.2) is 6.07 Å². The van der Waals surface area contributed by atoms with Crippen molar-refractivity contribution in [2.24, 2.45) is 0 Å². The fraction of sp³-hybridized carbons (Fsp3) is 0.583. The van der Waals surface area contributed by atoms with Gasteiger partial charge in [-0.05, 0) is 27.7 Å². The first-order chi connectivity index (χ1) is 9.04. The molecule has 0 saturated heterocycles. The molecule has 0 aliphatic carbocycles. The van der Waals surface area contributed by atoms with Crippen LogP contribution in [0.4, 0.5) is 13.2 Å². The van der Waals surface area contributed by atoms with Crippen LogP contribution in [0.1, 0.15) is 43.7 Å². The maximum absolute atomic E-state index is 12.9. The van der Waals surface area contributed by atoms with Crippen molar-refractivity contribution in [1.29, 1.82) is 0 Å². The number of hydrogen-bond acceptors (Lipinski definition) is 5. The highest BCUT2D eigenvalue weighted by molar-refractivity contribution is 5.89. The van der Waals surface area contributed by atoms with Crippen LogP contribution >= 0.6 is 0 Å². The molecular weight excluding hydrogens is 277 g/mol. The van der Waals surface area contributed by atoms with Crippen molar-refractivity contribution in [3.63, 3.8) is 0 Å². The molecule has 112 valence electrons. The number of esters is 1. The van der Waals surface area contributed by atoms with Crippen LogP contribution < -0.4 is 4.74 Å². The summed E-state index contributed by atoms with van der Waals surface area (Å²) < 4.78 is 48.5. The molecule has 0 radical (unpaired) electrons. The van der Waals surface area contributed by atoms with Crippen molar-refractivity contribution in [1.82, 2.24) is 10.2 Å². The summed E-state index contributed by atoms with van der Waals surface area (Å²) in [6.07, 6.45) is -4.76. The van der Waals surface area contributed by atoms with Crippen LogP contribution in [-0.4, -0.2) is 28.4 Å². The highest BCUT2D eigenvalue weighted by Crippen LogP contribution is 2.33. The van der Waals surface area contributed by atoms with E-state index >= 15 is 0 Å². The number of hydrogen-bond donors (Lipinski definition) is 0. The molecule has 0 amide bonds. The number of carbonyl (C=O) groups is 1. The van der Waals surface area contributed by atoms with Crippen LogP contribution in [0.25, 0.3) is 0 Å². The monoisotopic (exact) mass is 292 g/mol. The summed E-state index contributed by atoms with van der Waals surface area (Å²) in [7, 11) is 0. The molecule has 1 heterocycles. The Morgan fingerprint density at radius 1 is 1.25 bits per heavy atom. The first-order valence-electron chi connectivity index (χ1n) is 5.85. The van der Waals surface area contributed by atoms with Crippen LogP contribution in [-0.2, 0) is 10.9 Å². The van der Waals surface area contributed by atoms with Gasteiger partial charge in [0.25, 0.3) is 0 Å². The lowest BCUT2D eigenvalue weighted by molar-refractivity contribution is -0.138. The summed E-state index contributed by atoms with van der Waals surface area (Å²) >= 11 is 0. The van der Waals surface area contributed by atoms with Gasteiger partial charge in [0.1, 0.15) is 5.60 Å². The first-order valence-corrected chi connectivity index (χ1v) is 5.85. The van der Waals surface area contributed by atoms with E-state index in [1.807, 2.05) is 0 Å². The maximum atomic E-state index is 12.9. The second-order valence-corrected chi connectivity index (χ2v) is 4.88. The van der Waals surface area contributed by atoms with E-state index in [2.05, 4.69) is 14.9 Å². The molecule has 1 rings (SSSR count). The molecule has 1 aromatic rings. The van der Waals surface area contributed by atoms with Gasteiger partial charge in [-0.25, -0.2) is 4.79 Å². The molecule has 0 atom stereocenters. The second-order valence-electron chi connectivity index (χ2n) is 4.88. The molecule has 0 N–H and O–H groups in total. The second kappa shape index (κ2) is 5.64. The van der Waals surface area contributed by atoms with Gasteiger partial charge in [0.2, 0.25) is 5.88 Å². The molecule has 0 unspecified atom stereocenters. The lowest BCUT2D eigenvalue weighted by Crippen LogP contribution is -2.25. The summed E-state index contributed by atoms with van der Waals surface area (Å²) in [5.74, 6) is -1.48. The zero-order chi connectivity index (χ0) is 15.6. The van der Waals surface area contributed by atoms with Crippen molar-refractivity contribution in [3.8, 4) is 5.88 Å². The summed E-state index contributed by atoms with van der Waals surface area (Å²) in [5, 5.41) is 6.75. The van der Waals surface area contributed by atoms with Crippen molar-refractivity contribution < 1.29 is 27.4 Å². The van der Waals surface area contributed by atoms with Crippen LogP contribution in [0, 0.1) is 0 Å². The van der Waals surface area contributed by atoms with E-state index in [1.54, 1.807) is 20.8 Å². The number of rotatable bonds is 3. The number of alkyl halides is 3.